The first kappa shape index (κ1) is 51.1. The summed E-state index contributed by atoms with van der Waals surface area (Å²) in [7, 11) is -21.3. The number of rotatable bonds is 5. The van der Waals surface area contributed by atoms with Gasteiger partial charge in [0.2, 0.25) is 0 Å². The van der Waals surface area contributed by atoms with Crippen molar-refractivity contribution in [3.8, 4) is 23.6 Å². The van der Waals surface area contributed by atoms with Crippen LogP contribution in [0.3, 0.4) is 0 Å². The molecule has 8 aromatic rings. The van der Waals surface area contributed by atoms with E-state index in [1.165, 1.54) is 0 Å². The first-order valence-corrected chi connectivity index (χ1v) is 21.2. The van der Waals surface area contributed by atoms with Crippen LogP contribution in [0.1, 0.15) is 11.1 Å². The Labute approximate surface area is 362 Å². The van der Waals surface area contributed by atoms with E-state index in [1.54, 1.807) is 61.2 Å². The number of pyridine rings is 4. The van der Waals surface area contributed by atoms with Gasteiger partial charge in [-0.15, -0.1) is 0 Å². The topological polar surface area (TPSA) is 118 Å². The second-order valence-electron chi connectivity index (χ2n) is 12.3. The summed E-state index contributed by atoms with van der Waals surface area (Å²) in [6.45, 7) is 0.608. The van der Waals surface area contributed by atoms with E-state index in [-0.39, 0.29) is 19.5 Å². The third-order valence-corrected chi connectivity index (χ3v) is 7.30. The van der Waals surface area contributed by atoms with Crippen LogP contribution in [-0.4, -0.2) is 33.1 Å². The van der Waals surface area contributed by atoms with Gasteiger partial charge < -0.3 is 9.47 Å². The van der Waals surface area contributed by atoms with Gasteiger partial charge in [0, 0.05) is 46.3 Å². The van der Waals surface area contributed by atoms with Crippen molar-refractivity contribution in [1.29, 1.82) is 10.5 Å². The SMILES string of the molecule is F[P-](F)(F)(F)(F)F.F[P-](F)(F)(F)(F)F.N#Cc1ccccc1OCCOc1ccccc1C#N.[Ru+].c1cnc2c(c1)ccc1cccnc12.c1cnc2c(c1)ccc1cccnc12. The Morgan fingerprint density at radius 1 is 0.381 bits per heavy atom. The molecule has 0 amide bonds. The summed E-state index contributed by atoms with van der Waals surface area (Å²) in [5.41, 5.74) is 4.89. The van der Waals surface area contributed by atoms with Gasteiger partial charge in [-0.3, -0.25) is 19.9 Å². The minimum Gasteiger partial charge on any atom is -0.489 e. The molecule has 4 aromatic carbocycles. The number of ether oxygens (including phenoxy) is 2. The van der Waals surface area contributed by atoms with E-state index in [0.29, 0.717) is 35.8 Å². The molecule has 0 atom stereocenters. The summed E-state index contributed by atoms with van der Waals surface area (Å²) in [6, 6.07) is 42.5. The van der Waals surface area contributed by atoms with Gasteiger partial charge in [-0.1, -0.05) is 72.8 Å². The van der Waals surface area contributed by atoms with Crippen molar-refractivity contribution in [1.82, 2.24) is 19.9 Å². The molecule has 4 aromatic heterocycles. The Kier molecular flexibility index (Phi) is 15.4. The zero-order valence-corrected chi connectivity index (χ0v) is 35.1. The second-order valence-corrected chi connectivity index (χ2v) is 16.1. The monoisotopic (exact) mass is 1020 g/mol. The molecule has 23 heteroatoms. The summed E-state index contributed by atoms with van der Waals surface area (Å²) in [6.07, 6.45) is 7.21. The quantitative estimate of drug-likeness (QED) is 0.0550. The van der Waals surface area contributed by atoms with Crippen LogP contribution < -0.4 is 9.47 Å². The number of fused-ring (bicyclic) bond motifs is 6. The van der Waals surface area contributed by atoms with Crippen molar-refractivity contribution >= 4 is 59.2 Å². The normalized spacial score (nSPS) is 12.9. The van der Waals surface area contributed by atoms with Crippen LogP contribution >= 0.6 is 15.6 Å². The fourth-order valence-electron chi connectivity index (χ4n) is 5.03. The van der Waals surface area contributed by atoms with Crippen molar-refractivity contribution in [3.05, 3.63) is 157 Å². The second kappa shape index (κ2) is 19.0. The number of aromatic nitrogens is 4. The number of nitriles is 2. The molecule has 0 saturated carbocycles. The smallest absolute Gasteiger partial charge is 0.489 e. The zero-order chi connectivity index (χ0) is 45.8. The molecule has 0 N–H and O–H groups in total. The molecule has 0 saturated heterocycles. The molecule has 0 bridgehead atoms. The van der Waals surface area contributed by atoms with Crippen LogP contribution in [0.15, 0.2) is 146 Å². The number of para-hydroxylation sites is 2. The van der Waals surface area contributed by atoms with Gasteiger partial charge in [-0.25, -0.2) is 0 Å². The van der Waals surface area contributed by atoms with E-state index >= 15 is 0 Å². The molecule has 4 heterocycles. The molecule has 0 aliphatic rings. The van der Waals surface area contributed by atoms with E-state index in [0.717, 1.165) is 43.6 Å². The third kappa shape index (κ3) is 20.4. The molecule has 0 aliphatic carbocycles. The Morgan fingerprint density at radius 2 is 0.619 bits per heavy atom. The fraction of sp³-hybridized carbons (Fsp3) is 0.0500. The molecular weight excluding hydrogens is 987 g/mol. The van der Waals surface area contributed by atoms with Crippen LogP contribution in [-0.2, 0) is 19.5 Å². The van der Waals surface area contributed by atoms with E-state index in [9.17, 15) is 50.4 Å². The van der Waals surface area contributed by atoms with Crippen molar-refractivity contribution in [2.24, 2.45) is 0 Å². The van der Waals surface area contributed by atoms with Gasteiger partial charge in [0.25, 0.3) is 0 Å². The van der Waals surface area contributed by atoms with Gasteiger partial charge in [0.1, 0.15) is 36.9 Å². The summed E-state index contributed by atoms with van der Waals surface area (Å²) in [5.74, 6) is 1.07. The summed E-state index contributed by atoms with van der Waals surface area (Å²) in [5, 5.41) is 22.4. The first-order chi connectivity index (χ1) is 28.6. The molecule has 333 valence electrons. The van der Waals surface area contributed by atoms with Gasteiger partial charge in [-0.2, -0.15) is 10.5 Å². The standard InChI is InChI=1S/C16H12N2O2.2C12H8N2.2F6P.Ru/c17-11-13-5-1-3-7-15(13)19-9-10-20-16-8-4-2-6-14(16)12-18;2*1-3-9-5-6-10-4-2-8-14-12(10)11(9)13-7-1;2*1-7(2,3,4,5)6;/h1-8H,9-10H2;2*1-8H;;;/q;;;2*-1;+1. The molecule has 0 fully saturated rings. The minimum absolute atomic E-state index is 0. The first-order valence-electron chi connectivity index (χ1n) is 17.2. The molecule has 0 unspecified atom stereocenters. The fourth-order valence-corrected chi connectivity index (χ4v) is 5.03. The summed E-state index contributed by atoms with van der Waals surface area (Å²) in [4.78, 5) is 17.4. The van der Waals surface area contributed by atoms with Crippen molar-refractivity contribution in [2.45, 2.75) is 0 Å². The third-order valence-electron chi connectivity index (χ3n) is 7.30. The summed E-state index contributed by atoms with van der Waals surface area (Å²) >= 11 is 0. The van der Waals surface area contributed by atoms with Crippen LogP contribution in [0.25, 0.3) is 43.6 Å². The Morgan fingerprint density at radius 3 is 0.857 bits per heavy atom. The van der Waals surface area contributed by atoms with E-state index in [2.05, 4.69) is 80.6 Å². The van der Waals surface area contributed by atoms with Gasteiger partial charge in [0.05, 0.1) is 33.2 Å². The molecule has 8 nitrogen and oxygen atoms in total. The van der Waals surface area contributed by atoms with E-state index in [4.69, 9.17) is 20.0 Å². The minimum atomic E-state index is -10.7. The number of nitrogens with zero attached hydrogens (tertiary/aromatic N) is 6. The van der Waals surface area contributed by atoms with Gasteiger partial charge >= 0.3 is 85.5 Å². The predicted octanol–water partition coefficient (Wildman–Crippen LogP) is 15.2. The maximum absolute atomic E-state index is 10.7. The Balaban J connectivity index is 0.000000220. The van der Waals surface area contributed by atoms with E-state index < -0.39 is 15.6 Å². The number of halogens is 12. The Bertz CT molecular complexity index is 2590. The van der Waals surface area contributed by atoms with Crippen molar-refractivity contribution < 1.29 is 79.3 Å². The van der Waals surface area contributed by atoms with Crippen LogP contribution in [0.2, 0.25) is 0 Å². The maximum Gasteiger partial charge on any atom is 1.00 e. The van der Waals surface area contributed by atoms with Crippen LogP contribution in [0.5, 0.6) is 11.5 Å². The Hall–Kier alpha value is -6.26. The largest absolute Gasteiger partial charge is 1.00 e. The van der Waals surface area contributed by atoms with Crippen LogP contribution in [0.4, 0.5) is 50.4 Å². The average Bonchev–Trinajstić information content (AvgIpc) is 3.21. The average molecular weight is 1020 g/mol. The molecule has 1 radical (unpaired) electrons. The molecular formula is C40H28F12N6O2P2Ru-. The molecule has 63 heavy (non-hydrogen) atoms. The van der Waals surface area contributed by atoms with E-state index in [1.807, 2.05) is 36.4 Å². The predicted molar refractivity (Wildman–Crippen MR) is 215 cm³/mol. The van der Waals surface area contributed by atoms with Gasteiger partial charge in [0.15, 0.2) is 0 Å². The van der Waals surface area contributed by atoms with Gasteiger partial charge in [-0.05, 0) is 48.5 Å². The molecule has 8 rings (SSSR count). The summed E-state index contributed by atoms with van der Waals surface area (Å²) < 4.78 is 129. The molecule has 0 aliphatic heterocycles. The van der Waals surface area contributed by atoms with Crippen molar-refractivity contribution in [3.63, 3.8) is 0 Å². The number of hydrogen-bond donors (Lipinski definition) is 0. The number of hydrogen-bond acceptors (Lipinski definition) is 8. The maximum atomic E-state index is 9.87. The number of benzene rings is 4. The van der Waals surface area contributed by atoms with Crippen LogP contribution in [0, 0.1) is 22.7 Å². The molecule has 0 spiro atoms. The zero-order valence-electron chi connectivity index (χ0n) is 31.6. The van der Waals surface area contributed by atoms with Crippen molar-refractivity contribution in [2.75, 3.05) is 13.2 Å².